The number of hydrogen-bond acceptors (Lipinski definition) is 4. The second-order valence-corrected chi connectivity index (χ2v) is 7.52. The fourth-order valence-corrected chi connectivity index (χ4v) is 3.94. The number of halogens is 2. The van der Waals surface area contributed by atoms with Crippen LogP contribution in [-0.4, -0.2) is 22.5 Å². The number of imidazole rings is 1. The third-order valence-electron chi connectivity index (χ3n) is 4.81. The van der Waals surface area contributed by atoms with Crippen molar-refractivity contribution in [3.8, 4) is 22.9 Å². The third-order valence-corrected chi connectivity index (χ3v) is 5.44. The summed E-state index contributed by atoms with van der Waals surface area (Å²) in [6.45, 7) is 0.209. The van der Waals surface area contributed by atoms with Crippen LogP contribution in [0.2, 0.25) is 10.0 Å². The van der Waals surface area contributed by atoms with Gasteiger partial charge >= 0.3 is 0 Å². The smallest absolute Gasteiger partial charge is 0.231 e. The number of aromatic nitrogens is 2. The highest BCUT2D eigenvalue weighted by atomic mass is 35.5. The zero-order chi connectivity index (χ0) is 20.0. The van der Waals surface area contributed by atoms with Crippen molar-refractivity contribution in [3.63, 3.8) is 0 Å². The fourth-order valence-electron chi connectivity index (χ4n) is 3.36. The molecule has 0 aliphatic carbocycles. The zero-order valence-corrected chi connectivity index (χ0v) is 16.6. The monoisotopic (exact) mass is 424 g/mol. The molecule has 1 aliphatic rings. The molecule has 0 amide bonds. The van der Waals surface area contributed by atoms with Crippen molar-refractivity contribution in [2.75, 3.05) is 6.79 Å². The summed E-state index contributed by atoms with van der Waals surface area (Å²) in [5.41, 5.74) is 3.58. The van der Waals surface area contributed by atoms with E-state index >= 15 is 0 Å². The van der Waals surface area contributed by atoms with Crippen LogP contribution in [0.25, 0.3) is 22.4 Å². The van der Waals surface area contributed by atoms with Gasteiger partial charge in [-0.15, -0.1) is 0 Å². The number of nitrogens with zero attached hydrogens (tertiary/aromatic N) is 1. The topological polar surface area (TPSA) is 64.2 Å². The Kier molecular flexibility index (Phi) is 4.42. The summed E-state index contributed by atoms with van der Waals surface area (Å²) in [6, 6.07) is 16.2. The number of ether oxygens (including phenoxy) is 2. The van der Waals surface area contributed by atoms with E-state index in [1.54, 1.807) is 30.3 Å². The van der Waals surface area contributed by atoms with Crippen LogP contribution in [0.1, 0.15) is 15.9 Å². The van der Waals surface area contributed by atoms with E-state index in [9.17, 15) is 4.79 Å². The maximum absolute atomic E-state index is 12.8. The van der Waals surface area contributed by atoms with Gasteiger partial charge in [0, 0.05) is 12.0 Å². The van der Waals surface area contributed by atoms with E-state index in [-0.39, 0.29) is 19.0 Å². The predicted octanol–water partition coefficient (Wildman–Crippen LogP) is 5.69. The van der Waals surface area contributed by atoms with Crippen molar-refractivity contribution in [1.82, 2.24) is 9.97 Å². The molecule has 0 unspecified atom stereocenters. The molecule has 29 heavy (non-hydrogen) atoms. The third kappa shape index (κ3) is 3.33. The van der Waals surface area contributed by atoms with Gasteiger partial charge in [-0.25, -0.2) is 4.98 Å². The Morgan fingerprint density at radius 3 is 2.62 bits per heavy atom. The number of ketones is 1. The molecule has 0 atom stereocenters. The van der Waals surface area contributed by atoms with E-state index in [1.165, 1.54) is 0 Å². The number of benzene rings is 3. The van der Waals surface area contributed by atoms with E-state index in [0.717, 1.165) is 16.6 Å². The second-order valence-electron chi connectivity index (χ2n) is 6.70. The van der Waals surface area contributed by atoms with E-state index < -0.39 is 0 Å². The van der Waals surface area contributed by atoms with Crippen molar-refractivity contribution in [2.24, 2.45) is 0 Å². The summed E-state index contributed by atoms with van der Waals surface area (Å²) < 4.78 is 10.7. The van der Waals surface area contributed by atoms with Gasteiger partial charge in [-0.1, -0.05) is 35.3 Å². The molecule has 0 fully saturated rings. The number of nitrogens with one attached hydrogen (secondary N) is 1. The summed E-state index contributed by atoms with van der Waals surface area (Å²) in [4.78, 5) is 20.6. The van der Waals surface area contributed by atoms with Gasteiger partial charge in [-0.05, 0) is 48.0 Å². The first kappa shape index (κ1) is 18.0. The Labute approximate surface area is 176 Å². The first-order chi connectivity index (χ1) is 14.1. The first-order valence-electron chi connectivity index (χ1n) is 8.94. The van der Waals surface area contributed by atoms with Gasteiger partial charge in [0.15, 0.2) is 17.3 Å². The molecule has 0 saturated carbocycles. The molecule has 5 rings (SSSR count). The van der Waals surface area contributed by atoms with Gasteiger partial charge in [0.05, 0.1) is 26.6 Å². The van der Waals surface area contributed by atoms with Gasteiger partial charge in [0.2, 0.25) is 6.79 Å². The van der Waals surface area contributed by atoms with Gasteiger partial charge < -0.3 is 14.5 Å². The lowest BCUT2D eigenvalue weighted by Crippen LogP contribution is -2.03. The van der Waals surface area contributed by atoms with Crippen LogP contribution in [0.5, 0.6) is 11.5 Å². The lowest BCUT2D eigenvalue weighted by molar-refractivity contribution is 0.0993. The number of fused-ring (bicyclic) bond motifs is 2. The number of carbonyl (C=O) groups is 1. The van der Waals surface area contributed by atoms with Gasteiger partial charge in [0.25, 0.3) is 0 Å². The highest BCUT2D eigenvalue weighted by Crippen LogP contribution is 2.34. The molecule has 0 bridgehead atoms. The van der Waals surface area contributed by atoms with E-state index in [2.05, 4.69) is 9.97 Å². The normalized spacial score (nSPS) is 12.5. The highest BCUT2D eigenvalue weighted by molar-refractivity contribution is 6.39. The van der Waals surface area contributed by atoms with Crippen LogP contribution < -0.4 is 9.47 Å². The predicted molar refractivity (Wildman–Crippen MR) is 112 cm³/mol. The fraction of sp³-hybridized carbons (Fsp3) is 0.0909. The summed E-state index contributed by atoms with van der Waals surface area (Å²) in [6.07, 6.45) is 0.263. The highest BCUT2D eigenvalue weighted by Gasteiger charge is 2.17. The van der Waals surface area contributed by atoms with Gasteiger partial charge in [-0.2, -0.15) is 0 Å². The Hall–Kier alpha value is -3.02. The van der Waals surface area contributed by atoms with Crippen LogP contribution in [0, 0.1) is 0 Å². The molecule has 0 spiro atoms. The quantitative estimate of drug-likeness (QED) is 0.427. The zero-order valence-electron chi connectivity index (χ0n) is 15.0. The molecule has 2 heterocycles. The van der Waals surface area contributed by atoms with Crippen LogP contribution in [0.4, 0.5) is 0 Å². The molecule has 7 heteroatoms. The van der Waals surface area contributed by atoms with Gasteiger partial charge in [-0.3, -0.25) is 4.79 Å². The van der Waals surface area contributed by atoms with Crippen LogP contribution in [-0.2, 0) is 6.42 Å². The van der Waals surface area contributed by atoms with Crippen molar-refractivity contribution >= 4 is 40.0 Å². The Morgan fingerprint density at radius 2 is 1.79 bits per heavy atom. The molecule has 0 saturated heterocycles. The molecule has 0 radical (unpaired) electrons. The van der Waals surface area contributed by atoms with E-state index in [4.69, 9.17) is 32.7 Å². The van der Waals surface area contributed by atoms with Crippen molar-refractivity contribution in [3.05, 3.63) is 75.8 Å². The minimum atomic E-state index is -0.00214. The van der Waals surface area contributed by atoms with Gasteiger partial charge in [0.1, 0.15) is 5.82 Å². The Balaban J connectivity index is 1.44. The average Bonchev–Trinajstić information content (AvgIpc) is 3.33. The molecule has 144 valence electrons. The molecular weight excluding hydrogens is 411 g/mol. The van der Waals surface area contributed by atoms with Crippen molar-refractivity contribution < 1.29 is 14.3 Å². The molecule has 1 N–H and O–H groups in total. The summed E-state index contributed by atoms with van der Waals surface area (Å²) in [7, 11) is 0. The Bertz CT molecular complexity index is 1250. The number of H-pyrrole nitrogens is 1. The minimum absolute atomic E-state index is 0.00214. The van der Waals surface area contributed by atoms with E-state index in [1.807, 2.05) is 24.3 Å². The number of carbonyl (C=O) groups excluding carboxylic acids is 1. The average molecular weight is 425 g/mol. The van der Waals surface area contributed by atoms with Crippen LogP contribution in [0.15, 0.2) is 54.6 Å². The maximum atomic E-state index is 12.8. The molecule has 3 aromatic carbocycles. The largest absolute Gasteiger partial charge is 0.454 e. The summed E-state index contributed by atoms with van der Waals surface area (Å²) >= 11 is 12.6. The van der Waals surface area contributed by atoms with Crippen molar-refractivity contribution in [2.45, 2.75) is 6.42 Å². The molecule has 1 aromatic heterocycles. The van der Waals surface area contributed by atoms with E-state index in [0.29, 0.717) is 38.5 Å². The Morgan fingerprint density at radius 1 is 1.00 bits per heavy atom. The lowest BCUT2D eigenvalue weighted by atomic mass is 10.0. The lowest BCUT2D eigenvalue weighted by Gasteiger charge is -2.03. The molecule has 4 aromatic rings. The SMILES string of the molecule is O=C(Cc1ccc2c(c1)OCO2)c1ccc2nc(-c3c(Cl)cccc3Cl)[nH]c2c1. The molecule has 5 nitrogen and oxygen atoms in total. The standard InChI is InChI=1S/C22H14Cl2N2O3/c23-14-2-1-3-15(24)21(14)22-25-16-6-5-13(10-17(16)26-22)18(27)8-12-4-7-19-20(9-12)29-11-28-19/h1-7,9-10H,8,11H2,(H,25,26). The maximum Gasteiger partial charge on any atom is 0.231 e. The summed E-state index contributed by atoms with van der Waals surface area (Å²) in [5.74, 6) is 1.93. The number of rotatable bonds is 4. The number of Topliss-reactive ketones (excluding diaryl/α,β-unsaturated/α-hetero) is 1. The first-order valence-corrected chi connectivity index (χ1v) is 9.70. The second kappa shape index (κ2) is 7.10. The molecule has 1 aliphatic heterocycles. The van der Waals surface area contributed by atoms with Crippen LogP contribution in [0.3, 0.4) is 0 Å². The molecular formula is C22H14Cl2N2O3. The van der Waals surface area contributed by atoms with Crippen LogP contribution >= 0.6 is 23.2 Å². The number of aromatic amines is 1. The van der Waals surface area contributed by atoms with Crippen molar-refractivity contribution in [1.29, 1.82) is 0 Å². The number of hydrogen-bond donors (Lipinski definition) is 1. The minimum Gasteiger partial charge on any atom is -0.454 e. The summed E-state index contributed by atoms with van der Waals surface area (Å²) in [5, 5.41) is 1.02.